The van der Waals surface area contributed by atoms with E-state index in [-0.39, 0.29) is 24.4 Å². The van der Waals surface area contributed by atoms with Gasteiger partial charge in [0.15, 0.2) is 12.0 Å². The number of anilines is 1. The van der Waals surface area contributed by atoms with Crippen LogP contribution in [0.4, 0.5) is 5.00 Å². The van der Waals surface area contributed by atoms with Gasteiger partial charge < -0.3 is 25.0 Å². The molecule has 2 unspecified atom stereocenters. The molecule has 3 heterocycles. The van der Waals surface area contributed by atoms with Crippen LogP contribution in [0.25, 0.3) is 10.8 Å². The van der Waals surface area contributed by atoms with Crippen LogP contribution >= 0.6 is 11.3 Å². The fourth-order valence-electron chi connectivity index (χ4n) is 5.85. The second-order valence-corrected chi connectivity index (χ2v) is 12.4. The van der Waals surface area contributed by atoms with Gasteiger partial charge in [0.2, 0.25) is 5.91 Å². The van der Waals surface area contributed by atoms with E-state index in [2.05, 4.69) is 16.3 Å². The van der Waals surface area contributed by atoms with Crippen molar-refractivity contribution < 1.29 is 19.4 Å². The molecule has 2 atom stereocenters. The first-order valence-corrected chi connectivity index (χ1v) is 15.4. The predicted octanol–water partition coefficient (Wildman–Crippen LogP) is 5.17. The third kappa shape index (κ3) is 7.08. The molecular formula is C33H38N4O4S. The van der Waals surface area contributed by atoms with E-state index in [4.69, 9.17) is 4.74 Å². The van der Waals surface area contributed by atoms with Crippen LogP contribution in [0.1, 0.15) is 60.9 Å². The summed E-state index contributed by atoms with van der Waals surface area (Å²) in [7, 11) is 0. The highest BCUT2D eigenvalue weighted by molar-refractivity contribution is 7.16. The third-order valence-electron chi connectivity index (χ3n) is 7.92. The van der Waals surface area contributed by atoms with Crippen molar-refractivity contribution in [1.82, 2.24) is 9.80 Å². The maximum Gasteiger partial charge on any atom is 0.224 e. The van der Waals surface area contributed by atoms with Gasteiger partial charge >= 0.3 is 0 Å². The van der Waals surface area contributed by atoms with Gasteiger partial charge in [-0.05, 0) is 62.1 Å². The van der Waals surface area contributed by atoms with Crippen LogP contribution in [0, 0.1) is 11.3 Å². The molecule has 2 aliphatic heterocycles. The molecular weight excluding hydrogens is 548 g/mol. The Hall–Kier alpha value is -3.55. The van der Waals surface area contributed by atoms with Crippen molar-refractivity contribution in [2.75, 3.05) is 38.1 Å². The van der Waals surface area contributed by atoms with Gasteiger partial charge in [0, 0.05) is 36.5 Å². The van der Waals surface area contributed by atoms with Crippen LogP contribution < -0.4 is 5.32 Å². The van der Waals surface area contributed by atoms with Gasteiger partial charge in [0.25, 0.3) is 0 Å². The van der Waals surface area contributed by atoms with Crippen LogP contribution in [0.2, 0.25) is 0 Å². The van der Waals surface area contributed by atoms with Crippen molar-refractivity contribution >= 4 is 38.8 Å². The van der Waals surface area contributed by atoms with Gasteiger partial charge in [-0.1, -0.05) is 48.0 Å². The molecule has 3 aromatic rings. The van der Waals surface area contributed by atoms with Crippen molar-refractivity contribution in [2.24, 2.45) is 0 Å². The largest absolute Gasteiger partial charge is 0.369 e. The lowest BCUT2D eigenvalue weighted by Crippen LogP contribution is -2.43. The maximum atomic E-state index is 13.2. The lowest BCUT2D eigenvalue weighted by atomic mass is 10.0. The Morgan fingerprint density at radius 1 is 1.21 bits per heavy atom. The number of ketones is 1. The molecule has 2 N–H and O–H groups in total. The van der Waals surface area contributed by atoms with E-state index in [1.165, 1.54) is 11.3 Å². The Labute approximate surface area is 251 Å². The molecule has 0 aliphatic carbocycles. The molecule has 220 valence electrons. The summed E-state index contributed by atoms with van der Waals surface area (Å²) in [6, 6.07) is 16.0. The minimum Gasteiger partial charge on any atom is -0.369 e. The summed E-state index contributed by atoms with van der Waals surface area (Å²) in [5.41, 5.74) is 3.25. The van der Waals surface area contributed by atoms with E-state index in [9.17, 15) is 20.0 Å². The molecule has 2 aromatic carbocycles. The van der Waals surface area contributed by atoms with Crippen molar-refractivity contribution in [3.8, 4) is 6.07 Å². The van der Waals surface area contributed by atoms with E-state index in [1.807, 2.05) is 61.2 Å². The summed E-state index contributed by atoms with van der Waals surface area (Å²) in [4.78, 5) is 30.3. The zero-order valence-electron chi connectivity index (χ0n) is 24.3. The second-order valence-electron chi connectivity index (χ2n) is 11.3. The molecule has 42 heavy (non-hydrogen) atoms. The predicted molar refractivity (Wildman–Crippen MR) is 165 cm³/mol. The minimum absolute atomic E-state index is 0.00609. The Morgan fingerprint density at radius 3 is 2.83 bits per heavy atom. The quantitative estimate of drug-likeness (QED) is 0.250. The van der Waals surface area contributed by atoms with Crippen LogP contribution in [0.15, 0.2) is 54.1 Å². The van der Waals surface area contributed by atoms with Gasteiger partial charge in [0.1, 0.15) is 17.7 Å². The van der Waals surface area contributed by atoms with Crippen molar-refractivity contribution in [2.45, 2.75) is 58.4 Å². The standard InChI is InChI=1S/C33H38N4O4S/c1-22(2)17-24(38)21-41-25-9-6-14-36(19-25)15-13-31(39)37-16-12-27-29(18-34)33(42-30(27)20-37)35-32(40)28-11-5-8-23-7-3-4-10-26(23)28/h3-5,7-8,10-11,17,25,32,35,40H,6,9,12-16,19-21H2,1-2H3. The van der Waals surface area contributed by atoms with E-state index >= 15 is 0 Å². The molecule has 1 aromatic heterocycles. The highest BCUT2D eigenvalue weighted by atomic mass is 32.1. The van der Waals surface area contributed by atoms with Gasteiger partial charge in [-0.25, -0.2) is 0 Å². The topological polar surface area (TPSA) is 106 Å². The number of rotatable bonds is 10. The molecule has 5 rings (SSSR count). The zero-order valence-corrected chi connectivity index (χ0v) is 25.1. The highest BCUT2D eigenvalue weighted by Crippen LogP contribution is 2.38. The van der Waals surface area contributed by atoms with Gasteiger partial charge in [-0.15, -0.1) is 11.3 Å². The normalized spacial score (nSPS) is 17.8. The number of piperidine rings is 1. The number of allylic oxidation sites excluding steroid dienone is 1. The van der Waals surface area contributed by atoms with E-state index in [0.29, 0.717) is 43.0 Å². The molecule has 1 saturated heterocycles. The summed E-state index contributed by atoms with van der Waals surface area (Å²) in [6.07, 6.45) is 3.59. The molecule has 0 radical (unpaired) electrons. The molecule has 0 bridgehead atoms. The van der Waals surface area contributed by atoms with Gasteiger partial charge in [-0.3, -0.25) is 9.59 Å². The van der Waals surface area contributed by atoms with Crippen molar-refractivity contribution in [3.63, 3.8) is 0 Å². The number of ether oxygens (including phenoxy) is 1. The summed E-state index contributed by atoms with van der Waals surface area (Å²) in [5, 5.41) is 26.9. The smallest absolute Gasteiger partial charge is 0.224 e. The number of thiophene rings is 1. The fourth-order valence-corrected chi connectivity index (χ4v) is 7.09. The van der Waals surface area contributed by atoms with E-state index in [1.54, 1.807) is 6.08 Å². The number of nitrogens with one attached hydrogen (secondary N) is 1. The van der Waals surface area contributed by atoms with Crippen molar-refractivity contribution in [1.29, 1.82) is 5.26 Å². The zero-order chi connectivity index (χ0) is 29.6. The maximum absolute atomic E-state index is 13.2. The number of benzene rings is 2. The number of nitriles is 1. The number of fused-ring (bicyclic) bond motifs is 2. The first-order chi connectivity index (χ1) is 20.3. The number of likely N-dealkylation sites (tertiary alicyclic amines) is 1. The van der Waals surface area contributed by atoms with Crippen LogP contribution in [0.5, 0.6) is 0 Å². The monoisotopic (exact) mass is 586 g/mol. The third-order valence-corrected chi connectivity index (χ3v) is 9.07. The molecule has 0 spiro atoms. The lowest BCUT2D eigenvalue weighted by molar-refractivity contribution is -0.132. The molecule has 2 aliphatic rings. The molecule has 8 nitrogen and oxygen atoms in total. The van der Waals surface area contributed by atoms with E-state index < -0.39 is 6.23 Å². The number of amides is 1. The van der Waals surface area contributed by atoms with Gasteiger partial charge in [0.05, 0.1) is 18.2 Å². The Balaban J connectivity index is 1.17. The number of hydrogen-bond acceptors (Lipinski definition) is 8. The number of aliphatic hydroxyl groups excluding tert-OH is 1. The Morgan fingerprint density at radius 2 is 2.02 bits per heavy atom. The highest BCUT2D eigenvalue weighted by Gasteiger charge is 2.29. The Kier molecular flexibility index (Phi) is 9.70. The summed E-state index contributed by atoms with van der Waals surface area (Å²) in [5.74, 6) is 0.0842. The van der Waals surface area contributed by atoms with Gasteiger partial charge in [-0.2, -0.15) is 5.26 Å². The van der Waals surface area contributed by atoms with Crippen LogP contribution in [0.3, 0.4) is 0 Å². The minimum atomic E-state index is -0.969. The van der Waals surface area contributed by atoms with Crippen molar-refractivity contribution in [3.05, 3.63) is 75.7 Å². The summed E-state index contributed by atoms with van der Waals surface area (Å²) < 4.78 is 5.86. The number of carbonyl (C=O) groups is 2. The number of carbonyl (C=O) groups excluding carboxylic acids is 2. The SMILES string of the molecule is CC(C)=CC(=O)COC1CCCN(CCC(=O)N2CCc3c(sc(NC(O)c4cccc5ccccc45)c3C#N)C2)C1. The van der Waals surface area contributed by atoms with E-state index in [0.717, 1.165) is 58.3 Å². The number of nitrogens with zero attached hydrogens (tertiary/aromatic N) is 3. The number of aliphatic hydroxyl groups is 1. The van der Waals surface area contributed by atoms with Crippen LogP contribution in [-0.4, -0.2) is 65.5 Å². The van der Waals surface area contributed by atoms with Crippen LogP contribution in [-0.2, 0) is 27.3 Å². The average molecular weight is 587 g/mol. The fraction of sp³-hybridized carbons (Fsp3) is 0.424. The summed E-state index contributed by atoms with van der Waals surface area (Å²) in [6.45, 7) is 7.23. The lowest BCUT2D eigenvalue weighted by Gasteiger charge is -2.33. The summed E-state index contributed by atoms with van der Waals surface area (Å²) >= 11 is 1.45. The number of hydrogen-bond donors (Lipinski definition) is 2. The Bertz CT molecular complexity index is 1510. The molecule has 1 fully saturated rings. The second kappa shape index (κ2) is 13.6. The molecule has 0 saturated carbocycles. The first kappa shape index (κ1) is 29.9. The average Bonchev–Trinajstić information content (AvgIpc) is 3.34. The molecule has 1 amide bonds. The first-order valence-electron chi connectivity index (χ1n) is 14.6. The molecule has 9 heteroatoms.